The van der Waals surface area contributed by atoms with Gasteiger partial charge in [-0.25, -0.2) is 18.7 Å². The molecule has 4 aromatic rings. The molecule has 3 unspecified atom stereocenters. The Morgan fingerprint density at radius 1 is 1.30 bits per heavy atom. The monoisotopic (exact) mass is 632 g/mol. The minimum absolute atomic E-state index is 0.0216. The highest BCUT2D eigenvalue weighted by molar-refractivity contribution is 7.52. The summed E-state index contributed by atoms with van der Waals surface area (Å²) < 4.78 is 54.3. The first-order valence-corrected chi connectivity index (χ1v) is 15.4. The second-order valence-corrected chi connectivity index (χ2v) is 12.8. The first kappa shape index (κ1) is 31.5. The van der Waals surface area contributed by atoms with Crippen LogP contribution in [0.1, 0.15) is 33.9 Å². The van der Waals surface area contributed by atoms with E-state index in [0.717, 1.165) is 0 Å². The number of hydrogen-bond donors (Lipinski definition) is 4. The number of esters is 1. The van der Waals surface area contributed by atoms with Crippen molar-refractivity contribution in [2.24, 2.45) is 5.41 Å². The number of nitrogen functional groups attached to an aromatic ring is 1. The molecule has 0 saturated carbocycles. The van der Waals surface area contributed by atoms with Crippen LogP contribution in [0.2, 0.25) is 0 Å². The van der Waals surface area contributed by atoms with Crippen LogP contribution in [0, 0.1) is 5.41 Å². The molecule has 5 rings (SSSR count). The van der Waals surface area contributed by atoms with Gasteiger partial charge in [-0.05, 0) is 45.0 Å². The molecule has 2 aromatic heterocycles. The number of benzene rings is 2. The van der Waals surface area contributed by atoms with Crippen LogP contribution < -0.4 is 21.0 Å². The number of nitrogens with zero attached hydrogens (tertiary/aromatic N) is 3. The summed E-state index contributed by atoms with van der Waals surface area (Å²) in [6.45, 7) is 5.15. The maximum Gasteiger partial charge on any atom is 0.459 e. The molecule has 0 bridgehead atoms. The molecule has 0 amide bonds. The molecular formula is C28H34FN6O8P. The number of aliphatic hydroxyl groups is 1. The quantitative estimate of drug-likeness (QED) is 0.140. The second-order valence-electron chi connectivity index (χ2n) is 11.1. The van der Waals surface area contributed by atoms with Crippen LogP contribution in [0.5, 0.6) is 5.75 Å². The van der Waals surface area contributed by atoms with Gasteiger partial charge in [0.25, 0.3) is 0 Å². The zero-order valence-electron chi connectivity index (χ0n) is 24.5. The summed E-state index contributed by atoms with van der Waals surface area (Å²) in [7, 11) is -4.30. The van der Waals surface area contributed by atoms with Crippen molar-refractivity contribution in [3.05, 3.63) is 59.3 Å². The summed E-state index contributed by atoms with van der Waals surface area (Å²) in [5, 5.41) is 13.4. The van der Waals surface area contributed by atoms with Gasteiger partial charge in [-0.2, -0.15) is 10.1 Å². The van der Waals surface area contributed by atoms with Crippen LogP contribution >= 0.6 is 7.75 Å². The minimum atomic E-state index is -4.30. The molecule has 1 aliphatic heterocycles. The Morgan fingerprint density at radius 3 is 2.70 bits per heavy atom. The van der Waals surface area contributed by atoms with Crippen LogP contribution in [0.15, 0.2) is 53.6 Å². The van der Waals surface area contributed by atoms with E-state index in [1.54, 1.807) is 56.3 Å². The second kappa shape index (κ2) is 12.3. The van der Waals surface area contributed by atoms with Gasteiger partial charge >= 0.3 is 19.4 Å². The number of para-hydroxylation sites is 1. The smallest absolute Gasteiger partial charge is 0.459 e. The number of aromatic amines is 1. The van der Waals surface area contributed by atoms with Crippen molar-refractivity contribution >= 4 is 41.5 Å². The molecule has 14 nitrogen and oxygen atoms in total. The number of ether oxygens (including phenoxy) is 2. The lowest BCUT2D eigenvalue weighted by Gasteiger charge is -2.30. The van der Waals surface area contributed by atoms with Crippen LogP contribution in [0.4, 0.5) is 10.2 Å². The number of rotatable bonds is 11. The van der Waals surface area contributed by atoms with Gasteiger partial charge in [0.05, 0.1) is 53.7 Å². The predicted molar refractivity (Wildman–Crippen MR) is 159 cm³/mol. The molecule has 236 valence electrons. The number of anilines is 1. The standard InChI is InChI=1S/C28H34FN6O8P/c1-15(2)41-26(37)16(3)34-44(39,43-17-8-6-5-7-9-17)40-12-22-28(4,13-36)23(29)25(42-22)35-14-31-20-10-18-19(11-21(20)35)32-27(38)33-24(18)30/h5-11,14-16,22-23,25,36H,12-13H2,1-4H3,(H,34,39)(H3,30,32,33,38)/t16-,22+,23?,25+,28?,44?/m0/s1. The average molecular weight is 633 g/mol. The Hall–Kier alpha value is -3.88. The fourth-order valence-electron chi connectivity index (χ4n) is 4.93. The lowest BCUT2D eigenvalue weighted by atomic mass is 9.82. The Balaban J connectivity index is 1.42. The molecule has 16 heteroatoms. The first-order chi connectivity index (χ1) is 20.8. The van der Waals surface area contributed by atoms with E-state index in [4.69, 9.17) is 24.3 Å². The van der Waals surface area contributed by atoms with Gasteiger partial charge in [0.1, 0.15) is 17.6 Å². The van der Waals surface area contributed by atoms with E-state index in [2.05, 4.69) is 20.0 Å². The summed E-state index contributed by atoms with van der Waals surface area (Å²) in [6, 6.07) is 10.3. The maximum absolute atomic E-state index is 16.2. The fourth-order valence-corrected chi connectivity index (χ4v) is 6.42. The molecule has 2 aromatic carbocycles. The summed E-state index contributed by atoms with van der Waals surface area (Å²) >= 11 is 0. The Bertz CT molecular complexity index is 1770. The number of nitrogens with one attached hydrogen (secondary N) is 2. The number of carbonyl (C=O) groups is 1. The van der Waals surface area contributed by atoms with Crippen molar-refractivity contribution in [3.63, 3.8) is 0 Å². The number of nitrogens with two attached hydrogens (primary N) is 1. The highest BCUT2D eigenvalue weighted by Crippen LogP contribution is 2.50. The third-order valence-electron chi connectivity index (χ3n) is 7.41. The number of hydrogen-bond acceptors (Lipinski definition) is 11. The number of aromatic nitrogens is 4. The summed E-state index contributed by atoms with van der Waals surface area (Å²) in [5.41, 5.74) is 4.97. The van der Waals surface area contributed by atoms with E-state index in [-0.39, 0.29) is 11.6 Å². The van der Waals surface area contributed by atoms with Gasteiger partial charge in [-0.1, -0.05) is 25.1 Å². The zero-order valence-corrected chi connectivity index (χ0v) is 25.4. The number of imidazole rings is 1. The minimum Gasteiger partial charge on any atom is -0.462 e. The van der Waals surface area contributed by atoms with Crippen molar-refractivity contribution in [1.82, 2.24) is 24.6 Å². The Kier molecular flexibility index (Phi) is 8.78. The van der Waals surface area contributed by atoms with Crippen molar-refractivity contribution in [1.29, 1.82) is 0 Å². The third-order valence-corrected chi connectivity index (χ3v) is 9.05. The maximum atomic E-state index is 16.2. The molecule has 1 saturated heterocycles. The normalized spacial score (nSPS) is 24.0. The molecule has 6 atom stereocenters. The lowest BCUT2D eigenvalue weighted by molar-refractivity contribution is -0.149. The topological polar surface area (TPSA) is 193 Å². The molecule has 3 heterocycles. The number of halogens is 1. The highest BCUT2D eigenvalue weighted by atomic mass is 31.2. The van der Waals surface area contributed by atoms with Crippen molar-refractivity contribution in [2.75, 3.05) is 18.9 Å². The van der Waals surface area contributed by atoms with E-state index >= 15 is 4.39 Å². The Morgan fingerprint density at radius 2 is 2.02 bits per heavy atom. The highest BCUT2D eigenvalue weighted by Gasteiger charge is 2.55. The van der Waals surface area contributed by atoms with Gasteiger partial charge in [-0.3, -0.25) is 9.32 Å². The van der Waals surface area contributed by atoms with E-state index in [1.165, 1.54) is 24.7 Å². The molecule has 44 heavy (non-hydrogen) atoms. The van der Waals surface area contributed by atoms with E-state index in [0.29, 0.717) is 21.9 Å². The summed E-state index contributed by atoms with van der Waals surface area (Å²) in [5.74, 6) is -0.467. The fraction of sp³-hybridized carbons (Fsp3) is 0.429. The summed E-state index contributed by atoms with van der Waals surface area (Å²) in [6.07, 6.45) is -3.23. The number of alkyl halides is 1. The number of fused-ring (bicyclic) bond motifs is 2. The molecule has 0 aliphatic carbocycles. The molecular weight excluding hydrogens is 598 g/mol. The van der Waals surface area contributed by atoms with Gasteiger partial charge in [0, 0.05) is 5.39 Å². The van der Waals surface area contributed by atoms with Crippen molar-refractivity contribution < 1.29 is 37.4 Å². The number of carbonyl (C=O) groups excluding carboxylic acids is 1. The third kappa shape index (κ3) is 6.19. The average Bonchev–Trinajstić information content (AvgIpc) is 3.48. The van der Waals surface area contributed by atoms with Crippen LogP contribution in [-0.4, -0.2) is 68.2 Å². The van der Waals surface area contributed by atoms with E-state index in [1.807, 2.05) is 0 Å². The SMILES string of the molecule is CC(C)OC(=O)[C@H](C)NP(=O)(OC[C@H]1O[C@@H](n2cnc3cc4c(N)nc(=O)[nH]c4cc32)C(F)C1(C)CO)Oc1ccccc1. The summed E-state index contributed by atoms with van der Waals surface area (Å²) in [4.78, 5) is 35.0. The first-order valence-electron chi connectivity index (χ1n) is 13.9. The molecule has 1 fully saturated rings. The molecule has 0 spiro atoms. The number of H-pyrrole nitrogens is 1. The van der Waals surface area contributed by atoms with Crippen LogP contribution in [0.25, 0.3) is 21.9 Å². The number of aliphatic hydroxyl groups excluding tert-OH is 1. The van der Waals surface area contributed by atoms with Crippen LogP contribution in [-0.2, 0) is 23.4 Å². The van der Waals surface area contributed by atoms with Gasteiger partial charge < -0.3 is 34.4 Å². The largest absolute Gasteiger partial charge is 0.462 e. The van der Waals surface area contributed by atoms with Crippen molar-refractivity contribution in [3.8, 4) is 5.75 Å². The van der Waals surface area contributed by atoms with Gasteiger partial charge in [-0.15, -0.1) is 0 Å². The molecule has 1 aliphatic rings. The molecule has 5 N–H and O–H groups in total. The van der Waals surface area contributed by atoms with Gasteiger partial charge in [0.2, 0.25) is 0 Å². The zero-order chi connectivity index (χ0) is 31.8. The van der Waals surface area contributed by atoms with E-state index < -0.39 is 68.7 Å². The lowest BCUT2D eigenvalue weighted by Crippen LogP contribution is -2.42. The Labute approximate surface area is 251 Å². The van der Waals surface area contributed by atoms with Crippen LogP contribution in [0.3, 0.4) is 0 Å². The van der Waals surface area contributed by atoms with Crippen molar-refractivity contribution in [2.45, 2.75) is 58.3 Å². The van der Waals surface area contributed by atoms with E-state index in [9.17, 15) is 19.3 Å². The predicted octanol–water partition coefficient (Wildman–Crippen LogP) is 3.22. The van der Waals surface area contributed by atoms with Gasteiger partial charge in [0.15, 0.2) is 12.4 Å². The molecule has 0 radical (unpaired) electrons.